The van der Waals surface area contributed by atoms with Gasteiger partial charge in [-0.05, 0) is 49.3 Å². The number of piperidine rings is 1. The Morgan fingerprint density at radius 3 is 2.96 bits per heavy atom. The van der Waals surface area contributed by atoms with Crippen molar-refractivity contribution in [3.8, 4) is 0 Å². The maximum atomic E-state index is 6.02. The molecule has 0 bridgehead atoms. The monoisotopic (exact) mass is 310 g/mol. The van der Waals surface area contributed by atoms with E-state index in [-0.39, 0.29) is 6.23 Å². The normalized spacial score (nSPS) is 33.0. The van der Waals surface area contributed by atoms with E-state index in [9.17, 15) is 0 Å². The third-order valence-corrected chi connectivity index (χ3v) is 6.88. The van der Waals surface area contributed by atoms with Crippen LogP contribution >= 0.6 is 0 Å². The summed E-state index contributed by atoms with van der Waals surface area (Å²) in [4.78, 5) is 2.77. The molecular formula is C20H26N2O. The predicted molar refractivity (Wildman–Crippen MR) is 92.6 cm³/mol. The van der Waals surface area contributed by atoms with Crippen LogP contribution in [-0.4, -0.2) is 29.7 Å². The number of methoxy groups -OCH3 is 1. The van der Waals surface area contributed by atoms with Crippen molar-refractivity contribution in [1.29, 1.82) is 0 Å². The smallest absolute Gasteiger partial charge is 0.134 e. The molecule has 1 fully saturated rings. The van der Waals surface area contributed by atoms with Gasteiger partial charge in [0.1, 0.15) is 6.23 Å². The molecule has 1 aromatic carbocycles. The first-order valence-electron chi connectivity index (χ1n) is 9.17. The highest BCUT2D eigenvalue weighted by Gasteiger charge is 2.53. The van der Waals surface area contributed by atoms with Gasteiger partial charge >= 0.3 is 0 Å². The van der Waals surface area contributed by atoms with Gasteiger partial charge in [0.25, 0.3) is 0 Å². The maximum Gasteiger partial charge on any atom is 0.134 e. The summed E-state index contributed by atoms with van der Waals surface area (Å²) in [5, 5.41) is 1.46. The van der Waals surface area contributed by atoms with Crippen LogP contribution in [0.3, 0.4) is 0 Å². The molecule has 23 heavy (non-hydrogen) atoms. The highest BCUT2D eigenvalue weighted by atomic mass is 16.5. The Bertz CT molecular complexity index is 764. The second-order valence-electron chi connectivity index (χ2n) is 7.65. The fourth-order valence-corrected chi connectivity index (χ4v) is 5.82. The van der Waals surface area contributed by atoms with Crippen molar-refractivity contribution in [3.05, 3.63) is 35.5 Å². The van der Waals surface area contributed by atoms with Crippen molar-refractivity contribution < 1.29 is 4.74 Å². The average molecular weight is 310 g/mol. The van der Waals surface area contributed by atoms with Crippen molar-refractivity contribution in [1.82, 2.24) is 9.47 Å². The van der Waals surface area contributed by atoms with Gasteiger partial charge in [-0.25, -0.2) is 0 Å². The number of aromatic nitrogens is 1. The maximum absolute atomic E-state index is 6.02. The van der Waals surface area contributed by atoms with Crippen molar-refractivity contribution >= 4 is 10.9 Å². The van der Waals surface area contributed by atoms with Gasteiger partial charge in [0.15, 0.2) is 0 Å². The molecule has 3 heteroatoms. The summed E-state index contributed by atoms with van der Waals surface area (Å²) in [7, 11) is 1.89. The lowest BCUT2D eigenvalue weighted by atomic mass is 9.64. The molecule has 3 aliphatic heterocycles. The minimum atomic E-state index is 0.192. The van der Waals surface area contributed by atoms with Gasteiger partial charge < -0.3 is 9.30 Å². The van der Waals surface area contributed by atoms with Gasteiger partial charge in [0.2, 0.25) is 0 Å². The van der Waals surface area contributed by atoms with Crippen LogP contribution in [0.4, 0.5) is 0 Å². The van der Waals surface area contributed by atoms with E-state index in [1.807, 2.05) is 7.11 Å². The lowest BCUT2D eigenvalue weighted by Gasteiger charge is -2.56. The minimum Gasteiger partial charge on any atom is -0.361 e. The van der Waals surface area contributed by atoms with Crippen molar-refractivity contribution in [2.24, 2.45) is 5.41 Å². The second kappa shape index (κ2) is 4.84. The summed E-state index contributed by atoms with van der Waals surface area (Å²) in [5.41, 5.74) is 4.96. The summed E-state index contributed by atoms with van der Waals surface area (Å²) in [6, 6.07) is 9.56. The second-order valence-corrected chi connectivity index (χ2v) is 7.65. The molecule has 3 nitrogen and oxygen atoms in total. The summed E-state index contributed by atoms with van der Waals surface area (Å²) < 4.78 is 8.56. The molecule has 1 saturated heterocycles. The molecule has 122 valence electrons. The molecule has 0 amide bonds. The van der Waals surface area contributed by atoms with Gasteiger partial charge in [-0.15, -0.1) is 0 Å². The number of hydrogen-bond donors (Lipinski definition) is 0. The largest absolute Gasteiger partial charge is 0.361 e. The molecule has 0 saturated carbocycles. The zero-order valence-corrected chi connectivity index (χ0v) is 14.2. The molecule has 4 heterocycles. The van der Waals surface area contributed by atoms with Crippen molar-refractivity contribution in [3.63, 3.8) is 0 Å². The topological polar surface area (TPSA) is 17.4 Å². The van der Waals surface area contributed by atoms with Crippen LogP contribution in [0.25, 0.3) is 10.9 Å². The van der Waals surface area contributed by atoms with E-state index in [0.29, 0.717) is 11.5 Å². The first-order chi connectivity index (χ1) is 11.3. The zero-order valence-electron chi connectivity index (χ0n) is 14.2. The lowest BCUT2D eigenvalue weighted by Crippen LogP contribution is -2.53. The fourth-order valence-electron chi connectivity index (χ4n) is 5.82. The molecule has 0 aliphatic carbocycles. The molecule has 3 aliphatic rings. The van der Waals surface area contributed by atoms with Crippen LogP contribution in [0.5, 0.6) is 0 Å². The number of para-hydroxylation sites is 1. The predicted octanol–water partition coefficient (Wildman–Crippen LogP) is 4.28. The molecule has 0 radical (unpaired) electrons. The number of benzene rings is 1. The van der Waals surface area contributed by atoms with Crippen LogP contribution in [0, 0.1) is 5.41 Å². The number of nitrogens with zero attached hydrogens (tertiary/aromatic N) is 2. The van der Waals surface area contributed by atoms with E-state index in [1.165, 1.54) is 49.7 Å². The summed E-state index contributed by atoms with van der Waals surface area (Å²) in [5.74, 6) is 0. The average Bonchev–Trinajstić information content (AvgIpc) is 2.95. The summed E-state index contributed by atoms with van der Waals surface area (Å²) in [6.07, 6.45) is 6.50. The number of hydrogen-bond acceptors (Lipinski definition) is 2. The van der Waals surface area contributed by atoms with Crippen LogP contribution < -0.4 is 0 Å². The fraction of sp³-hybridized carbons (Fsp3) is 0.600. The molecule has 0 unspecified atom stereocenters. The van der Waals surface area contributed by atoms with E-state index in [4.69, 9.17) is 4.74 Å². The van der Waals surface area contributed by atoms with Crippen LogP contribution in [0.1, 0.15) is 56.1 Å². The van der Waals surface area contributed by atoms with E-state index in [0.717, 1.165) is 6.42 Å². The quantitative estimate of drug-likeness (QED) is 0.824. The van der Waals surface area contributed by atoms with Crippen LogP contribution in [0.2, 0.25) is 0 Å². The van der Waals surface area contributed by atoms with E-state index in [1.54, 1.807) is 11.3 Å². The Morgan fingerprint density at radius 2 is 2.13 bits per heavy atom. The molecular weight excluding hydrogens is 284 g/mol. The third kappa shape index (κ3) is 1.67. The Hall–Kier alpha value is -1.32. The molecule has 3 atom stereocenters. The number of ether oxygens (including phenoxy) is 1. The first-order valence-corrected chi connectivity index (χ1v) is 9.17. The Kier molecular flexibility index (Phi) is 2.96. The number of rotatable bonds is 2. The third-order valence-electron chi connectivity index (χ3n) is 6.88. The van der Waals surface area contributed by atoms with Gasteiger partial charge in [0.05, 0.1) is 11.6 Å². The zero-order chi connectivity index (χ0) is 15.6. The SMILES string of the molecule is CC[C@@]12CCCN3CCc4c(n(c5ccccc45)[C@@H](OC)C1)[C@H]32. The lowest BCUT2D eigenvalue weighted by molar-refractivity contribution is -0.0926. The highest BCUT2D eigenvalue weighted by Crippen LogP contribution is 2.59. The van der Waals surface area contributed by atoms with Gasteiger partial charge in [-0.3, -0.25) is 4.90 Å². The standard InChI is InChI=1S/C20H26N2O/c1-3-20-10-6-11-21-12-9-15-14-7-4-5-8-16(14)22(17(13-20)23-2)18(15)19(20)21/h4-5,7-8,17,19H,3,6,9-13H2,1-2H3/t17-,19-,20+/m0/s1. The summed E-state index contributed by atoms with van der Waals surface area (Å²) >= 11 is 0. The Morgan fingerprint density at radius 1 is 1.26 bits per heavy atom. The van der Waals surface area contributed by atoms with Gasteiger partial charge in [-0.2, -0.15) is 0 Å². The van der Waals surface area contributed by atoms with Crippen molar-refractivity contribution in [2.75, 3.05) is 20.2 Å². The van der Waals surface area contributed by atoms with Gasteiger partial charge in [-0.1, -0.05) is 25.1 Å². The molecule has 0 spiro atoms. The van der Waals surface area contributed by atoms with E-state index in [2.05, 4.69) is 40.7 Å². The minimum absolute atomic E-state index is 0.192. The molecule has 1 aromatic heterocycles. The van der Waals surface area contributed by atoms with Crippen LogP contribution in [0.15, 0.2) is 24.3 Å². The summed E-state index contributed by atoms with van der Waals surface area (Å²) in [6.45, 7) is 4.89. The molecule has 5 rings (SSSR count). The van der Waals surface area contributed by atoms with Crippen molar-refractivity contribution in [2.45, 2.75) is 51.3 Å². The molecule has 2 aromatic rings. The highest BCUT2D eigenvalue weighted by molar-refractivity contribution is 5.86. The van der Waals surface area contributed by atoms with E-state index >= 15 is 0 Å². The Balaban J connectivity index is 1.85. The molecule has 0 N–H and O–H groups in total. The number of fused-ring (bicyclic) bond motifs is 3. The van der Waals surface area contributed by atoms with E-state index < -0.39 is 0 Å². The van der Waals surface area contributed by atoms with Crippen LogP contribution in [-0.2, 0) is 11.2 Å². The van der Waals surface area contributed by atoms with Gasteiger partial charge in [0, 0.05) is 31.2 Å². The Labute approximate surface area is 138 Å². The first kappa shape index (κ1) is 14.1.